The summed E-state index contributed by atoms with van der Waals surface area (Å²) in [6.45, 7) is -0.0404. The standard InChI is InChI=1S/C10H14N2O5/c1-5-3-12(10(16)11-9(5)15)8-2-6(14)7(4-13)17-8/h3,6-8,13-14H,2,4H2,1H3,(H,11,15,16)/t6-,7+,8+/m0/s1/i4D/t4-,6-,7+,8+. The number of nitrogens with zero attached hydrogens (tertiary/aromatic N) is 1. The van der Waals surface area contributed by atoms with Crippen LogP contribution in [0.15, 0.2) is 15.8 Å². The summed E-state index contributed by atoms with van der Waals surface area (Å²) in [5.41, 5.74) is -0.794. The maximum Gasteiger partial charge on any atom is 0.330 e. The van der Waals surface area contributed by atoms with Gasteiger partial charge in [0.15, 0.2) is 0 Å². The second kappa shape index (κ2) is 4.44. The highest BCUT2D eigenvalue weighted by molar-refractivity contribution is 5.02. The van der Waals surface area contributed by atoms with Crippen molar-refractivity contribution >= 4 is 0 Å². The number of nitrogens with one attached hydrogen (secondary N) is 1. The highest BCUT2D eigenvalue weighted by Crippen LogP contribution is 2.27. The van der Waals surface area contributed by atoms with E-state index in [2.05, 4.69) is 4.98 Å². The number of ether oxygens (including phenoxy) is 1. The van der Waals surface area contributed by atoms with E-state index in [0.717, 1.165) is 4.57 Å². The molecule has 0 amide bonds. The predicted octanol–water partition coefficient (Wildman–Crippen LogP) is -1.51. The summed E-state index contributed by atoms with van der Waals surface area (Å²) < 4.78 is 13.5. The number of hydrogen-bond acceptors (Lipinski definition) is 5. The first-order valence-electron chi connectivity index (χ1n) is 5.74. The lowest BCUT2D eigenvalue weighted by Crippen LogP contribution is -2.33. The van der Waals surface area contributed by atoms with Gasteiger partial charge in [0.25, 0.3) is 5.56 Å². The van der Waals surface area contributed by atoms with Crippen molar-refractivity contribution in [2.75, 3.05) is 6.58 Å². The Kier molecular flexibility index (Phi) is 2.79. The Balaban J connectivity index is 2.32. The number of aromatic amines is 1. The highest BCUT2D eigenvalue weighted by atomic mass is 16.5. The monoisotopic (exact) mass is 243 g/mol. The van der Waals surface area contributed by atoms with Crippen molar-refractivity contribution in [2.24, 2.45) is 0 Å². The van der Waals surface area contributed by atoms with Gasteiger partial charge in [0.2, 0.25) is 0 Å². The van der Waals surface area contributed by atoms with Crippen molar-refractivity contribution < 1.29 is 16.3 Å². The molecule has 0 unspecified atom stereocenters. The van der Waals surface area contributed by atoms with Gasteiger partial charge in [0.05, 0.1) is 14.1 Å². The molecule has 3 N–H and O–H groups in total. The molecule has 7 nitrogen and oxygen atoms in total. The Morgan fingerprint density at radius 2 is 2.41 bits per heavy atom. The zero-order valence-electron chi connectivity index (χ0n) is 10.2. The van der Waals surface area contributed by atoms with Crippen LogP contribution in [0.3, 0.4) is 0 Å². The van der Waals surface area contributed by atoms with Crippen LogP contribution < -0.4 is 11.2 Å². The van der Waals surface area contributed by atoms with Crippen molar-refractivity contribution in [1.82, 2.24) is 9.55 Å². The van der Waals surface area contributed by atoms with Crippen molar-refractivity contribution in [2.45, 2.75) is 31.8 Å². The minimum Gasteiger partial charge on any atom is -0.394 e. The molecule has 1 aromatic rings. The molecule has 2 rings (SSSR count). The number of aromatic nitrogens is 2. The zero-order valence-corrected chi connectivity index (χ0v) is 9.16. The zero-order chi connectivity index (χ0) is 13.4. The lowest BCUT2D eigenvalue weighted by molar-refractivity contribution is -0.0459. The average Bonchev–Trinajstić information content (AvgIpc) is 2.65. The molecule has 7 heteroatoms. The van der Waals surface area contributed by atoms with E-state index in [0.29, 0.717) is 5.56 Å². The summed E-state index contributed by atoms with van der Waals surface area (Å²) >= 11 is 0. The number of rotatable bonds is 2. The van der Waals surface area contributed by atoms with Crippen molar-refractivity contribution in [1.29, 1.82) is 0 Å². The van der Waals surface area contributed by atoms with Crippen molar-refractivity contribution in [3.8, 4) is 0 Å². The maximum atomic E-state index is 11.6. The molecule has 0 saturated carbocycles. The Hall–Kier alpha value is -1.44. The van der Waals surface area contributed by atoms with Gasteiger partial charge in [-0.05, 0) is 6.92 Å². The summed E-state index contributed by atoms with van der Waals surface area (Å²) in [5.74, 6) is 0. The molecule has 0 aromatic carbocycles. The van der Waals surface area contributed by atoms with E-state index in [4.69, 9.17) is 11.2 Å². The smallest absolute Gasteiger partial charge is 0.330 e. The molecule has 0 bridgehead atoms. The van der Waals surface area contributed by atoms with Crippen LogP contribution in [0.25, 0.3) is 0 Å². The molecule has 1 saturated heterocycles. The van der Waals surface area contributed by atoms with Crippen LogP contribution >= 0.6 is 0 Å². The van der Waals surface area contributed by atoms with Gasteiger partial charge in [-0.1, -0.05) is 0 Å². The number of hydrogen-bond donors (Lipinski definition) is 3. The molecule has 1 fully saturated rings. The van der Waals surface area contributed by atoms with Gasteiger partial charge in [-0.15, -0.1) is 0 Å². The van der Waals surface area contributed by atoms with E-state index in [1.54, 1.807) is 0 Å². The van der Waals surface area contributed by atoms with E-state index >= 15 is 0 Å². The number of aryl methyl sites for hydroxylation is 1. The lowest BCUT2D eigenvalue weighted by Gasteiger charge is -2.14. The second-order valence-corrected chi connectivity index (χ2v) is 3.99. The first kappa shape index (κ1) is 10.7. The number of aliphatic hydroxyl groups excluding tert-OH is 2. The minimum absolute atomic E-state index is 0.0754. The van der Waals surface area contributed by atoms with E-state index in [9.17, 15) is 14.7 Å². The molecule has 1 aliphatic heterocycles. The molecule has 1 aromatic heterocycles. The van der Waals surface area contributed by atoms with E-state index in [1.165, 1.54) is 13.1 Å². The Morgan fingerprint density at radius 3 is 3.00 bits per heavy atom. The molecule has 17 heavy (non-hydrogen) atoms. The summed E-state index contributed by atoms with van der Waals surface area (Å²) in [4.78, 5) is 24.9. The summed E-state index contributed by atoms with van der Waals surface area (Å²) in [5, 5.41) is 18.7. The van der Waals surface area contributed by atoms with E-state index < -0.39 is 36.3 Å². The number of aliphatic hydroxyl groups is 2. The summed E-state index contributed by atoms with van der Waals surface area (Å²) in [7, 11) is 0. The summed E-state index contributed by atoms with van der Waals surface area (Å²) in [6.07, 6.45) is -1.48. The second-order valence-electron chi connectivity index (χ2n) is 3.99. The SMILES string of the molecule is [2H][C@H](O)[C@H]1O[C@@H](n2cc(C)c(=O)[nH]c2=O)C[C@@H]1O. The van der Waals surface area contributed by atoms with Crippen LogP contribution in [0.5, 0.6) is 0 Å². The van der Waals surface area contributed by atoms with E-state index in [1.807, 2.05) is 0 Å². The van der Waals surface area contributed by atoms with Gasteiger partial charge < -0.3 is 14.9 Å². The van der Waals surface area contributed by atoms with Crippen LogP contribution in [0.2, 0.25) is 0 Å². The normalized spacial score (nSPS) is 31.2. The average molecular weight is 243 g/mol. The first-order chi connectivity index (χ1) is 8.40. The third-order valence-electron chi connectivity index (χ3n) is 2.74. The van der Waals surface area contributed by atoms with Crippen LogP contribution in [-0.2, 0) is 4.74 Å². The topological polar surface area (TPSA) is 105 Å². The van der Waals surface area contributed by atoms with Gasteiger partial charge in [-0.2, -0.15) is 0 Å². The van der Waals surface area contributed by atoms with Crippen LogP contribution in [0.4, 0.5) is 0 Å². The molecular formula is C10H14N2O5. The van der Waals surface area contributed by atoms with Crippen molar-refractivity contribution in [3.05, 3.63) is 32.6 Å². The van der Waals surface area contributed by atoms with Gasteiger partial charge in [-0.25, -0.2) is 4.79 Å². The molecule has 1 aliphatic rings. The van der Waals surface area contributed by atoms with Gasteiger partial charge in [0, 0.05) is 18.2 Å². The predicted molar refractivity (Wildman–Crippen MR) is 57.7 cm³/mol. The van der Waals surface area contributed by atoms with Crippen LogP contribution in [-0.4, -0.2) is 38.6 Å². The fraction of sp³-hybridized carbons (Fsp3) is 0.600. The molecule has 0 spiro atoms. The molecular weight excluding hydrogens is 228 g/mol. The first-order valence-corrected chi connectivity index (χ1v) is 5.16. The molecule has 2 heterocycles. The Bertz CT molecular complexity index is 552. The summed E-state index contributed by atoms with van der Waals surface area (Å²) in [6, 6.07) is 0. The maximum absolute atomic E-state index is 11.6. The van der Waals surface area contributed by atoms with Crippen LogP contribution in [0, 0.1) is 6.92 Å². The largest absolute Gasteiger partial charge is 0.394 e. The Morgan fingerprint density at radius 1 is 1.71 bits per heavy atom. The molecule has 4 atom stereocenters. The quantitative estimate of drug-likeness (QED) is 0.585. The lowest BCUT2D eigenvalue weighted by atomic mass is 10.2. The molecule has 0 radical (unpaired) electrons. The minimum atomic E-state index is -1.58. The van der Waals surface area contributed by atoms with E-state index in [-0.39, 0.29) is 6.42 Å². The number of H-pyrrole nitrogens is 1. The third kappa shape index (κ3) is 2.17. The van der Waals surface area contributed by atoms with Gasteiger partial charge in [0.1, 0.15) is 12.3 Å². The fourth-order valence-electron chi connectivity index (χ4n) is 1.78. The molecule has 94 valence electrons. The Labute approximate surface area is 97.7 Å². The van der Waals surface area contributed by atoms with Crippen molar-refractivity contribution in [3.63, 3.8) is 0 Å². The molecule has 0 aliphatic carbocycles. The highest BCUT2D eigenvalue weighted by Gasteiger charge is 2.34. The van der Waals surface area contributed by atoms with Gasteiger partial charge >= 0.3 is 5.69 Å². The third-order valence-corrected chi connectivity index (χ3v) is 2.74. The van der Waals surface area contributed by atoms with Gasteiger partial charge in [-0.3, -0.25) is 14.3 Å². The van der Waals surface area contributed by atoms with Crippen LogP contribution in [0.1, 0.15) is 19.6 Å². The fourth-order valence-corrected chi connectivity index (χ4v) is 1.78.